The Bertz CT molecular complexity index is 865. The summed E-state index contributed by atoms with van der Waals surface area (Å²) in [5.41, 5.74) is 7.05. The summed E-state index contributed by atoms with van der Waals surface area (Å²) < 4.78 is 0. The smallest absolute Gasteiger partial charge is 0.267 e. The molecule has 2 aromatic carbocycles. The van der Waals surface area contributed by atoms with E-state index in [9.17, 15) is 10.1 Å². The van der Waals surface area contributed by atoms with E-state index in [1.807, 2.05) is 58.9 Å². The minimum atomic E-state index is -0.427. The van der Waals surface area contributed by atoms with Crippen LogP contribution >= 0.6 is 0 Å². The molecule has 0 unspecified atom stereocenters. The van der Waals surface area contributed by atoms with E-state index in [2.05, 4.69) is 22.8 Å². The Morgan fingerprint density at radius 1 is 0.960 bits per heavy atom. The Kier molecular flexibility index (Phi) is 5.61. The number of rotatable bonds is 4. The van der Waals surface area contributed by atoms with Crippen LogP contribution in [0.3, 0.4) is 0 Å². The fraction of sp³-hybridized carbons (Fsp3) is 0.238. The third-order valence-electron chi connectivity index (χ3n) is 4.03. The van der Waals surface area contributed by atoms with Crippen molar-refractivity contribution in [3.8, 4) is 6.07 Å². The van der Waals surface area contributed by atoms with Crippen LogP contribution < -0.4 is 10.6 Å². The van der Waals surface area contributed by atoms with Gasteiger partial charge in [-0.1, -0.05) is 35.4 Å². The van der Waals surface area contributed by atoms with Gasteiger partial charge in [0.25, 0.3) is 5.91 Å². The number of hydrogen-bond acceptors (Lipinski definition) is 3. The van der Waals surface area contributed by atoms with Gasteiger partial charge in [-0.3, -0.25) is 4.79 Å². The molecular weight excluding hydrogens is 310 g/mol. The minimum absolute atomic E-state index is 0.0272. The first-order valence-corrected chi connectivity index (χ1v) is 8.15. The molecule has 0 aliphatic heterocycles. The highest BCUT2D eigenvalue weighted by Crippen LogP contribution is 2.22. The van der Waals surface area contributed by atoms with Crippen molar-refractivity contribution in [3.63, 3.8) is 0 Å². The maximum absolute atomic E-state index is 12.4. The summed E-state index contributed by atoms with van der Waals surface area (Å²) in [5, 5.41) is 15.2. The van der Waals surface area contributed by atoms with Crippen LogP contribution in [-0.4, -0.2) is 5.91 Å². The van der Waals surface area contributed by atoms with Gasteiger partial charge < -0.3 is 10.6 Å². The van der Waals surface area contributed by atoms with Crippen molar-refractivity contribution >= 4 is 17.3 Å². The van der Waals surface area contributed by atoms with E-state index in [0.717, 1.165) is 27.9 Å². The number of nitrogens with zero attached hydrogens (tertiary/aromatic N) is 1. The molecule has 0 saturated carbocycles. The fourth-order valence-corrected chi connectivity index (χ4v) is 2.84. The lowest BCUT2D eigenvalue weighted by Gasteiger charge is -2.12. The first-order chi connectivity index (χ1) is 11.8. The van der Waals surface area contributed by atoms with Crippen molar-refractivity contribution < 1.29 is 4.79 Å². The maximum Gasteiger partial charge on any atom is 0.267 e. The SMILES string of the molecule is Cc1ccc(NC(=O)/C(C#N)=C\Nc2c(C)cc(C)cc2C)c(C)c1. The molecule has 0 aliphatic carbocycles. The van der Waals surface area contributed by atoms with Crippen LogP contribution in [0, 0.1) is 45.9 Å². The van der Waals surface area contributed by atoms with E-state index in [1.54, 1.807) is 0 Å². The number of nitrogens with one attached hydrogen (secondary N) is 2. The number of carbonyl (C=O) groups excluding carboxylic acids is 1. The number of hydrogen-bond donors (Lipinski definition) is 2. The van der Waals surface area contributed by atoms with Crippen LogP contribution in [0.4, 0.5) is 11.4 Å². The lowest BCUT2D eigenvalue weighted by atomic mass is 10.1. The predicted octanol–water partition coefficient (Wildman–Crippen LogP) is 4.69. The van der Waals surface area contributed by atoms with Crippen LogP contribution in [0.5, 0.6) is 0 Å². The topological polar surface area (TPSA) is 64.9 Å². The van der Waals surface area contributed by atoms with E-state index in [4.69, 9.17) is 0 Å². The third kappa shape index (κ3) is 4.48. The van der Waals surface area contributed by atoms with Gasteiger partial charge in [0.1, 0.15) is 11.6 Å². The summed E-state index contributed by atoms with van der Waals surface area (Å²) in [5.74, 6) is -0.427. The largest absolute Gasteiger partial charge is 0.360 e. The van der Waals surface area contributed by atoms with Crippen LogP contribution in [0.15, 0.2) is 42.1 Å². The molecule has 2 N–H and O–H groups in total. The van der Waals surface area contributed by atoms with Gasteiger partial charge in [0.05, 0.1) is 0 Å². The van der Waals surface area contributed by atoms with E-state index >= 15 is 0 Å². The summed E-state index contributed by atoms with van der Waals surface area (Å²) >= 11 is 0. The molecule has 128 valence electrons. The highest BCUT2D eigenvalue weighted by atomic mass is 16.1. The van der Waals surface area contributed by atoms with Crippen LogP contribution in [0.25, 0.3) is 0 Å². The van der Waals surface area contributed by atoms with Gasteiger partial charge in [0, 0.05) is 17.6 Å². The van der Waals surface area contributed by atoms with Crippen molar-refractivity contribution in [3.05, 3.63) is 69.9 Å². The maximum atomic E-state index is 12.4. The van der Waals surface area contributed by atoms with Gasteiger partial charge in [0.15, 0.2) is 0 Å². The molecule has 2 aromatic rings. The van der Waals surface area contributed by atoms with E-state index in [1.165, 1.54) is 11.8 Å². The minimum Gasteiger partial charge on any atom is -0.360 e. The quantitative estimate of drug-likeness (QED) is 0.630. The molecule has 0 atom stereocenters. The normalized spacial score (nSPS) is 11.0. The average molecular weight is 333 g/mol. The first-order valence-electron chi connectivity index (χ1n) is 8.15. The highest BCUT2D eigenvalue weighted by molar-refractivity contribution is 6.07. The molecular formula is C21H23N3O. The zero-order valence-electron chi connectivity index (χ0n) is 15.3. The number of amides is 1. The Balaban J connectivity index is 2.20. The molecule has 0 aliphatic rings. The number of carbonyl (C=O) groups is 1. The van der Waals surface area contributed by atoms with E-state index in [-0.39, 0.29) is 5.57 Å². The zero-order valence-corrected chi connectivity index (χ0v) is 15.3. The summed E-state index contributed by atoms with van der Waals surface area (Å²) in [6, 6.07) is 11.8. The number of nitriles is 1. The van der Waals surface area contributed by atoms with Crippen LogP contribution in [0.1, 0.15) is 27.8 Å². The summed E-state index contributed by atoms with van der Waals surface area (Å²) in [6.07, 6.45) is 1.46. The zero-order chi connectivity index (χ0) is 18.6. The molecule has 0 bridgehead atoms. The Labute approximate surface area is 149 Å². The second-order valence-corrected chi connectivity index (χ2v) is 6.36. The fourth-order valence-electron chi connectivity index (χ4n) is 2.84. The monoisotopic (exact) mass is 333 g/mol. The Hall–Kier alpha value is -3.06. The van der Waals surface area contributed by atoms with Gasteiger partial charge in [-0.2, -0.15) is 5.26 Å². The van der Waals surface area contributed by atoms with Crippen molar-refractivity contribution in [2.75, 3.05) is 10.6 Å². The van der Waals surface area contributed by atoms with E-state index in [0.29, 0.717) is 5.69 Å². The van der Waals surface area contributed by atoms with Gasteiger partial charge in [-0.15, -0.1) is 0 Å². The molecule has 0 aromatic heterocycles. The molecule has 0 saturated heterocycles. The van der Waals surface area contributed by atoms with Gasteiger partial charge in [-0.05, 0) is 57.4 Å². The molecule has 0 radical (unpaired) electrons. The molecule has 4 nitrogen and oxygen atoms in total. The third-order valence-corrected chi connectivity index (χ3v) is 4.03. The first kappa shape index (κ1) is 18.3. The standard InChI is InChI=1S/C21H23N3O/c1-13-6-7-19(15(3)8-13)24-21(25)18(11-22)12-23-20-16(4)9-14(2)10-17(20)5/h6-10,12,23H,1-5H3,(H,24,25)/b18-12-. The van der Waals surface area contributed by atoms with Crippen LogP contribution in [0.2, 0.25) is 0 Å². The molecule has 25 heavy (non-hydrogen) atoms. The molecule has 0 spiro atoms. The summed E-state index contributed by atoms with van der Waals surface area (Å²) in [4.78, 5) is 12.4. The second kappa shape index (κ2) is 7.67. The summed E-state index contributed by atoms with van der Waals surface area (Å²) in [7, 11) is 0. The van der Waals surface area contributed by atoms with Gasteiger partial charge >= 0.3 is 0 Å². The average Bonchev–Trinajstić information content (AvgIpc) is 2.52. The van der Waals surface area contributed by atoms with Crippen molar-refractivity contribution in [2.45, 2.75) is 34.6 Å². The lowest BCUT2D eigenvalue weighted by molar-refractivity contribution is -0.112. The van der Waals surface area contributed by atoms with Gasteiger partial charge in [0.2, 0.25) is 0 Å². The molecule has 0 fully saturated rings. The van der Waals surface area contributed by atoms with Gasteiger partial charge in [-0.25, -0.2) is 0 Å². The van der Waals surface area contributed by atoms with Crippen molar-refractivity contribution in [1.29, 1.82) is 5.26 Å². The van der Waals surface area contributed by atoms with Crippen molar-refractivity contribution in [2.24, 2.45) is 0 Å². The Morgan fingerprint density at radius 2 is 1.56 bits per heavy atom. The summed E-state index contributed by atoms with van der Waals surface area (Å²) in [6.45, 7) is 9.96. The van der Waals surface area contributed by atoms with E-state index < -0.39 is 5.91 Å². The van der Waals surface area contributed by atoms with Crippen molar-refractivity contribution in [1.82, 2.24) is 0 Å². The molecule has 2 rings (SSSR count). The number of anilines is 2. The molecule has 4 heteroatoms. The molecule has 0 heterocycles. The predicted molar refractivity (Wildman–Crippen MR) is 103 cm³/mol. The second-order valence-electron chi connectivity index (χ2n) is 6.36. The Morgan fingerprint density at radius 3 is 2.12 bits per heavy atom. The lowest BCUT2D eigenvalue weighted by Crippen LogP contribution is -2.15. The number of benzene rings is 2. The van der Waals surface area contributed by atoms with Crippen LogP contribution in [-0.2, 0) is 4.79 Å². The molecule has 1 amide bonds. The highest BCUT2D eigenvalue weighted by Gasteiger charge is 2.11. The number of aryl methyl sites for hydroxylation is 5.